The lowest BCUT2D eigenvalue weighted by atomic mass is 10.1. The van der Waals surface area contributed by atoms with Crippen LogP contribution in [0.15, 0.2) is 66.2 Å². The van der Waals surface area contributed by atoms with Gasteiger partial charge < -0.3 is 14.2 Å². The lowest BCUT2D eigenvalue weighted by Gasteiger charge is -2.28. The highest BCUT2D eigenvalue weighted by molar-refractivity contribution is 6.39. The number of ether oxygens (including phenoxy) is 3. The summed E-state index contributed by atoms with van der Waals surface area (Å²) in [6.07, 6.45) is 1.34. The first kappa shape index (κ1) is 26.2. The average Bonchev–Trinajstić information content (AvgIpc) is 2.91. The number of nitrogens with one attached hydrogen (secondary N) is 1. The molecule has 0 unspecified atom stereocenters. The molecule has 0 atom stereocenters. The number of halogens is 1. The zero-order valence-corrected chi connectivity index (χ0v) is 20.9. The number of carbonyl (C=O) groups excluding carboxylic acids is 3. The highest BCUT2D eigenvalue weighted by atomic mass is 35.5. The third kappa shape index (κ3) is 5.42. The standard InChI is InChI=1S/C26H20ClN3O8/c1-36-22-13-21(23(37-2)12-20(22)27)29-25(32)19(24(31)28-26(29)33)11-15-5-9-18(10-6-15)38-14-16-3-7-17(8-4-16)30(34)35/h3-13H,14H2,1-2H3,(H,28,31,33)/b19-11+. The number of amides is 4. The van der Waals surface area contributed by atoms with Crippen molar-refractivity contribution in [2.24, 2.45) is 0 Å². The second-order valence-electron chi connectivity index (χ2n) is 7.90. The van der Waals surface area contributed by atoms with E-state index < -0.39 is 22.8 Å². The molecule has 4 amide bonds. The maximum absolute atomic E-state index is 13.3. The number of nitro benzene ring substituents is 1. The van der Waals surface area contributed by atoms with E-state index in [0.29, 0.717) is 11.3 Å². The number of carbonyl (C=O) groups is 3. The van der Waals surface area contributed by atoms with Gasteiger partial charge >= 0.3 is 6.03 Å². The quantitative estimate of drug-likeness (QED) is 0.192. The molecule has 0 saturated carbocycles. The topological polar surface area (TPSA) is 137 Å². The normalized spacial score (nSPS) is 14.3. The minimum absolute atomic E-state index is 0.0126. The van der Waals surface area contributed by atoms with Crippen molar-refractivity contribution in [1.29, 1.82) is 0 Å². The molecule has 194 valence electrons. The molecule has 0 aromatic heterocycles. The second-order valence-corrected chi connectivity index (χ2v) is 8.30. The van der Waals surface area contributed by atoms with Crippen LogP contribution in [0.3, 0.4) is 0 Å². The van der Waals surface area contributed by atoms with Crippen LogP contribution in [0.5, 0.6) is 17.2 Å². The number of urea groups is 1. The van der Waals surface area contributed by atoms with Crippen LogP contribution in [0, 0.1) is 10.1 Å². The van der Waals surface area contributed by atoms with Crippen LogP contribution in [0.2, 0.25) is 5.02 Å². The van der Waals surface area contributed by atoms with Gasteiger partial charge in [0.2, 0.25) is 0 Å². The number of non-ortho nitro benzene ring substituents is 1. The van der Waals surface area contributed by atoms with Crippen LogP contribution in [-0.2, 0) is 16.2 Å². The van der Waals surface area contributed by atoms with E-state index in [1.54, 1.807) is 36.4 Å². The van der Waals surface area contributed by atoms with Gasteiger partial charge in [-0.05, 0) is 41.5 Å². The summed E-state index contributed by atoms with van der Waals surface area (Å²) in [4.78, 5) is 49.5. The lowest BCUT2D eigenvalue weighted by Crippen LogP contribution is -2.54. The van der Waals surface area contributed by atoms with Gasteiger partial charge in [0.1, 0.15) is 29.4 Å². The van der Waals surface area contributed by atoms with Gasteiger partial charge in [-0.25, -0.2) is 9.69 Å². The summed E-state index contributed by atoms with van der Waals surface area (Å²) in [5.41, 5.74) is 0.998. The van der Waals surface area contributed by atoms with Crippen LogP contribution in [0.4, 0.5) is 16.2 Å². The average molecular weight is 538 g/mol. The predicted molar refractivity (Wildman–Crippen MR) is 137 cm³/mol. The first-order chi connectivity index (χ1) is 18.2. The molecule has 1 saturated heterocycles. The van der Waals surface area contributed by atoms with Crippen LogP contribution in [0.1, 0.15) is 11.1 Å². The van der Waals surface area contributed by atoms with Crippen LogP contribution >= 0.6 is 11.6 Å². The van der Waals surface area contributed by atoms with Crippen molar-refractivity contribution in [1.82, 2.24) is 5.32 Å². The number of barbiturate groups is 1. The molecule has 0 spiro atoms. The molecule has 1 aliphatic rings. The zero-order chi connectivity index (χ0) is 27.4. The van der Waals surface area contributed by atoms with Gasteiger partial charge in [-0.3, -0.25) is 25.0 Å². The molecule has 4 rings (SSSR count). The summed E-state index contributed by atoms with van der Waals surface area (Å²) in [5, 5.41) is 13.1. The molecule has 38 heavy (non-hydrogen) atoms. The lowest BCUT2D eigenvalue weighted by molar-refractivity contribution is -0.384. The first-order valence-corrected chi connectivity index (χ1v) is 11.4. The molecule has 0 aliphatic carbocycles. The SMILES string of the molecule is COc1cc(N2C(=O)NC(=O)/C(=C\c3ccc(OCc4ccc([N+](=O)[O-])cc4)cc3)C2=O)c(OC)cc1Cl. The molecule has 3 aromatic carbocycles. The number of nitro groups is 1. The van der Waals surface area contributed by atoms with Crippen molar-refractivity contribution in [2.75, 3.05) is 19.1 Å². The van der Waals surface area contributed by atoms with Crippen LogP contribution in [0.25, 0.3) is 6.08 Å². The molecular weight excluding hydrogens is 518 g/mol. The number of hydrogen-bond donors (Lipinski definition) is 1. The van der Waals surface area contributed by atoms with Gasteiger partial charge in [-0.1, -0.05) is 23.7 Å². The summed E-state index contributed by atoms with van der Waals surface area (Å²) in [5.74, 6) is -0.883. The van der Waals surface area contributed by atoms with Gasteiger partial charge in [-0.2, -0.15) is 0 Å². The molecule has 0 radical (unpaired) electrons. The summed E-state index contributed by atoms with van der Waals surface area (Å²) in [7, 11) is 2.73. The van der Waals surface area contributed by atoms with E-state index in [4.69, 9.17) is 25.8 Å². The Balaban J connectivity index is 1.54. The highest BCUT2D eigenvalue weighted by Gasteiger charge is 2.38. The minimum atomic E-state index is -0.949. The summed E-state index contributed by atoms with van der Waals surface area (Å²) in [6.45, 7) is 0.183. The van der Waals surface area contributed by atoms with Gasteiger partial charge in [0.25, 0.3) is 17.5 Å². The first-order valence-electron chi connectivity index (χ1n) is 11.0. The summed E-state index contributed by atoms with van der Waals surface area (Å²) < 4.78 is 16.2. The maximum atomic E-state index is 13.3. The van der Waals surface area contributed by atoms with E-state index in [1.165, 1.54) is 44.6 Å². The van der Waals surface area contributed by atoms with E-state index in [2.05, 4.69) is 5.32 Å². The summed E-state index contributed by atoms with van der Waals surface area (Å²) >= 11 is 6.13. The molecule has 12 heteroatoms. The van der Waals surface area contributed by atoms with Gasteiger partial charge in [-0.15, -0.1) is 0 Å². The zero-order valence-electron chi connectivity index (χ0n) is 20.1. The van der Waals surface area contributed by atoms with Crippen molar-refractivity contribution in [2.45, 2.75) is 6.61 Å². The van der Waals surface area contributed by atoms with Crippen LogP contribution < -0.4 is 24.4 Å². The van der Waals surface area contributed by atoms with Crippen molar-refractivity contribution < 1.29 is 33.5 Å². The number of anilines is 1. The number of benzene rings is 3. The Kier molecular flexibility index (Phi) is 7.58. The third-order valence-corrected chi connectivity index (χ3v) is 5.84. The monoisotopic (exact) mass is 537 g/mol. The van der Waals surface area contributed by atoms with Crippen molar-refractivity contribution in [3.8, 4) is 17.2 Å². The van der Waals surface area contributed by atoms with E-state index in [-0.39, 0.29) is 40.1 Å². The largest absolute Gasteiger partial charge is 0.495 e. The number of nitrogens with zero attached hydrogens (tertiary/aromatic N) is 2. The Morgan fingerprint density at radius 2 is 1.63 bits per heavy atom. The number of methoxy groups -OCH3 is 2. The molecule has 1 N–H and O–H groups in total. The maximum Gasteiger partial charge on any atom is 0.336 e. The Hall–Kier alpha value is -4.90. The fourth-order valence-electron chi connectivity index (χ4n) is 3.60. The van der Waals surface area contributed by atoms with Gasteiger partial charge in [0.15, 0.2) is 0 Å². The smallest absolute Gasteiger partial charge is 0.336 e. The highest BCUT2D eigenvalue weighted by Crippen LogP contribution is 2.39. The molecular formula is C26H20ClN3O8. The van der Waals surface area contributed by atoms with Crippen molar-refractivity contribution in [3.63, 3.8) is 0 Å². The number of rotatable bonds is 8. The van der Waals surface area contributed by atoms with Gasteiger partial charge in [0.05, 0.1) is 29.9 Å². The fraction of sp³-hybridized carbons (Fsp3) is 0.115. The Bertz CT molecular complexity index is 1450. The van der Waals surface area contributed by atoms with E-state index in [9.17, 15) is 24.5 Å². The predicted octanol–water partition coefficient (Wildman–Crippen LogP) is 4.51. The number of hydrogen-bond acceptors (Lipinski definition) is 8. The second kappa shape index (κ2) is 11.0. The van der Waals surface area contributed by atoms with Crippen LogP contribution in [-0.4, -0.2) is 37.0 Å². The Morgan fingerprint density at radius 3 is 2.24 bits per heavy atom. The van der Waals surface area contributed by atoms with E-state index in [0.717, 1.165) is 10.5 Å². The molecule has 1 heterocycles. The summed E-state index contributed by atoms with van der Waals surface area (Å²) in [6, 6.07) is 14.3. The molecule has 0 bridgehead atoms. The van der Waals surface area contributed by atoms with E-state index >= 15 is 0 Å². The Labute approximate surface area is 221 Å². The van der Waals surface area contributed by atoms with E-state index in [1.807, 2.05) is 0 Å². The molecule has 11 nitrogen and oxygen atoms in total. The minimum Gasteiger partial charge on any atom is -0.495 e. The fourth-order valence-corrected chi connectivity index (χ4v) is 3.83. The van der Waals surface area contributed by atoms with Gasteiger partial charge in [0, 0.05) is 24.3 Å². The molecule has 3 aromatic rings. The Morgan fingerprint density at radius 1 is 0.974 bits per heavy atom. The van der Waals surface area contributed by atoms with Crippen molar-refractivity contribution >= 4 is 46.9 Å². The third-order valence-electron chi connectivity index (χ3n) is 5.54. The molecule has 1 aliphatic heterocycles. The van der Waals surface area contributed by atoms with Crippen molar-refractivity contribution in [3.05, 3.63) is 92.5 Å². The molecule has 1 fully saturated rings. The number of imide groups is 2.